The SMILES string of the molecule is Cc1ccc(NS(=O)(=O)C2CCC3(C=C2C(=O)O)O[C@H](CO)[C@@H](CO)O3)c(Cl)c1. The topological polar surface area (TPSA) is 142 Å². The highest BCUT2D eigenvalue weighted by molar-refractivity contribution is 7.93. The fraction of sp³-hybridized carbons (Fsp3) is 0.500. The van der Waals surface area contributed by atoms with Gasteiger partial charge in [-0.2, -0.15) is 0 Å². The van der Waals surface area contributed by atoms with Crippen molar-refractivity contribution in [3.05, 3.63) is 40.4 Å². The van der Waals surface area contributed by atoms with Crippen molar-refractivity contribution < 1.29 is 38.0 Å². The van der Waals surface area contributed by atoms with Crippen LogP contribution in [0, 0.1) is 6.92 Å². The fourth-order valence-corrected chi connectivity index (χ4v) is 5.42. The van der Waals surface area contributed by atoms with E-state index in [1.54, 1.807) is 19.1 Å². The molecule has 1 fully saturated rings. The highest BCUT2D eigenvalue weighted by Crippen LogP contribution is 2.41. The molecule has 9 nitrogen and oxygen atoms in total. The number of aryl methyl sites for hydroxylation is 1. The van der Waals surface area contributed by atoms with Gasteiger partial charge in [-0.1, -0.05) is 17.7 Å². The summed E-state index contributed by atoms with van der Waals surface area (Å²) in [4.78, 5) is 11.8. The van der Waals surface area contributed by atoms with Gasteiger partial charge in [0, 0.05) is 6.42 Å². The lowest BCUT2D eigenvalue weighted by molar-refractivity contribution is -0.153. The third kappa shape index (κ3) is 4.42. The Bertz CT molecular complexity index is 920. The number of carboxylic acid groups (broad SMARTS) is 1. The van der Waals surface area contributed by atoms with Gasteiger partial charge >= 0.3 is 5.97 Å². The molecule has 1 unspecified atom stereocenters. The molecule has 4 N–H and O–H groups in total. The van der Waals surface area contributed by atoms with E-state index in [0.717, 1.165) is 11.6 Å². The molecule has 2 aliphatic rings. The van der Waals surface area contributed by atoms with E-state index in [1.807, 2.05) is 0 Å². The average Bonchev–Trinajstić information content (AvgIpc) is 3.01. The first-order valence-corrected chi connectivity index (χ1v) is 10.8. The number of benzene rings is 1. The number of hydrogen-bond acceptors (Lipinski definition) is 7. The van der Waals surface area contributed by atoms with Crippen molar-refractivity contribution in [1.29, 1.82) is 0 Å². The van der Waals surface area contributed by atoms with Crippen LogP contribution >= 0.6 is 11.6 Å². The first kappa shape index (κ1) is 22.0. The number of aliphatic carboxylic acids is 1. The maximum Gasteiger partial charge on any atom is 0.332 e. The van der Waals surface area contributed by atoms with E-state index in [2.05, 4.69) is 4.72 Å². The molecule has 1 aromatic rings. The maximum absolute atomic E-state index is 12.9. The number of carbonyl (C=O) groups is 1. The van der Waals surface area contributed by atoms with Crippen molar-refractivity contribution >= 4 is 33.3 Å². The maximum atomic E-state index is 12.9. The fourth-order valence-electron chi connectivity index (χ4n) is 3.53. The molecule has 0 radical (unpaired) electrons. The first-order valence-electron chi connectivity index (χ1n) is 8.92. The number of halogens is 1. The van der Waals surface area contributed by atoms with Crippen molar-refractivity contribution in [1.82, 2.24) is 0 Å². The molecule has 1 saturated heterocycles. The van der Waals surface area contributed by atoms with Crippen LogP contribution < -0.4 is 4.72 Å². The summed E-state index contributed by atoms with van der Waals surface area (Å²) in [6.07, 6.45) is -0.650. The van der Waals surface area contributed by atoms with Crippen LogP contribution in [0.5, 0.6) is 0 Å². The van der Waals surface area contributed by atoms with Crippen LogP contribution in [-0.4, -0.2) is 66.2 Å². The molecule has 11 heteroatoms. The van der Waals surface area contributed by atoms with E-state index < -0.39 is 58.0 Å². The number of hydrogen-bond donors (Lipinski definition) is 4. The second-order valence-electron chi connectivity index (χ2n) is 7.05. The quantitative estimate of drug-likeness (QED) is 0.506. The number of aliphatic hydroxyl groups excluding tert-OH is 2. The molecule has 1 aliphatic heterocycles. The van der Waals surface area contributed by atoms with E-state index in [9.17, 15) is 28.5 Å². The molecule has 1 spiro atoms. The van der Waals surface area contributed by atoms with Crippen molar-refractivity contribution in [3.8, 4) is 0 Å². The summed E-state index contributed by atoms with van der Waals surface area (Å²) in [5.74, 6) is -2.95. The predicted molar refractivity (Wildman–Crippen MR) is 104 cm³/mol. The number of rotatable bonds is 6. The van der Waals surface area contributed by atoms with E-state index in [0.29, 0.717) is 0 Å². The van der Waals surface area contributed by atoms with Crippen molar-refractivity contribution in [3.63, 3.8) is 0 Å². The highest BCUT2D eigenvalue weighted by Gasteiger charge is 2.51. The van der Waals surface area contributed by atoms with Gasteiger partial charge < -0.3 is 24.8 Å². The molecule has 1 heterocycles. The van der Waals surface area contributed by atoms with Crippen molar-refractivity contribution in [2.75, 3.05) is 17.9 Å². The second-order valence-corrected chi connectivity index (χ2v) is 9.32. The lowest BCUT2D eigenvalue weighted by Crippen LogP contribution is -2.42. The number of carboxylic acids is 1. The Hall–Kier alpha value is -1.69. The number of aliphatic hydroxyl groups is 2. The Morgan fingerprint density at radius 2 is 1.90 bits per heavy atom. The summed E-state index contributed by atoms with van der Waals surface area (Å²) >= 11 is 6.09. The smallest absolute Gasteiger partial charge is 0.332 e. The third-order valence-corrected chi connectivity index (χ3v) is 7.01. The Morgan fingerprint density at radius 3 is 2.41 bits per heavy atom. The second kappa shape index (κ2) is 8.21. The van der Waals surface area contributed by atoms with Gasteiger partial charge in [-0.3, -0.25) is 4.72 Å². The van der Waals surface area contributed by atoms with Gasteiger partial charge in [-0.25, -0.2) is 13.2 Å². The number of anilines is 1. The highest BCUT2D eigenvalue weighted by atomic mass is 35.5. The molecule has 0 bridgehead atoms. The minimum atomic E-state index is -4.14. The number of nitrogens with one attached hydrogen (secondary N) is 1. The van der Waals surface area contributed by atoms with E-state index in [4.69, 9.17) is 21.1 Å². The van der Waals surface area contributed by atoms with Crippen LogP contribution in [0.1, 0.15) is 18.4 Å². The molecule has 3 atom stereocenters. The van der Waals surface area contributed by atoms with Gasteiger partial charge in [-0.05, 0) is 37.1 Å². The Labute approximate surface area is 172 Å². The molecule has 0 saturated carbocycles. The Morgan fingerprint density at radius 1 is 1.28 bits per heavy atom. The number of ether oxygens (including phenoxy) is 2. The standard InChI is InChI=1S/C18H22ClNO8S/c1-10-2-3-13(12(19)6-10)20-29(25,26)16-4-5-18(7-11(16)17(23)24)27-14(8-21)15(9-22)28-18/h2-3,6-7,14-16,20-22H,4-5,8-9H2,1H3,(H,23,24)/t14-,15-,16?/m1/s1. The molecule has 1 aliphatic carbocycles. The van der Waals surface area contributed by atoms with Crippen molar-refractivity contribution in [2.45, 2.75) is 43.0 Å². The Kier molecular flexibility index (Phi) is 6.23. The predicted octanol–water partition coefficient (Wildman–Crippen LogP) is 1.03. The van der Waals surface area contributed by atoms with Crippen LogP contribution in [-0.2, 0) is 24.3 Å². The lowest BCUT2D eigenvalue weighted by atomic mass is 9.94. The zero-order chi connectivity index (χ0) is 21.4. The van der Waals surface area contributed by atoms with Gasteiger partial charge in [-0.15, -0.1) is 0 Å². The van der Waals surface area contributed by atoms with Crippen LogP contribution in [0.2, 0.25) is 5.02 Å². The summed E-state index contributed by atoms with van der Waals surface area (Å²) in [5, 5.41) is 27.2. The summed E-state index contributed by atoms with van der Waals surface area (Å²) < 4.78 is 39.4. The Balaban J connectivity index is 1.91. The van der Waals surface area contributed by atoms with Gasteiger partial charge in [0.25, 0.3) is 0 Å². The molecule has 3 rings (SSSR count). The van der Waals surface area contributed by atoms with E-state index in [-0.39, 0.29) is 23.6 Å². The number of sulfonamides is 1. The van der Waals surface area contributed by atoms with E-state index in [1.165, 1.54) is 6.07 Å². The zero-order valence-electron chi connectivity index (χ0n) is 15.5. The van der Waals surface area contributed by atoms with E-state index >= 15 is 0 Å². The molecule has 160 valence electrons. The van der Waals surface area contributed by atoms with Gasteiger partial charge in [0.1, 0.15) is 17.5 Å². The summed E-state index contributed by atoms with van der Waals surface area (Å²) in [7, 11) is -4.14. The van der Waals surface area contributed by atoms with Crippen LogP contribution in [0.25, 0.3) is 0 Å². The average molecular weight is 448 g/mol. The molecular weight excluding hydrogens is 426 g/mol. The van der Waals surface area contributed by atoms with Gasteiger partial charge in [0.2, 0.25) is 10.0 Å². The molecule has 0 amide bonds. The monoisotopic (exact) mass is 447 g/mol. The minimum Gasteiger partial charge on any atom is -0.478 e. The largest absolute Gasteiger partial charge is 0.478 e. The van der Waals surface area contributed by atoms with Crippen LogP contribution in [0.3, 0.4) is 0 Å². The molecule has 0 aromatic heterocycles. The van der Waals surface area contributed by atoms with Crippen LogP contribution in [0.15, 0.2) is 29.8 Å². The summed E-state index contributed by atoms with van der Waals surface area (Å²) in [6.45, 7) is 0.938. The van der Waals surface area contributed by atoms with Gasteiger partial charge in [0.05, 0.1) is 29.5 Å². The van der Waals surface area contributed by atoms with Crippen LogP contribution in [0.4, 0.5) is 5.69 Å². The third-order valence-electron chi connectivity index (χ3n) is 4.95. The summed E-state index contributed by atoms with van der Waals surface area (Å²) in [5.41, 5.74) is 0.578. The minimum absolute atomic E-state index is 0.0317. The molecule has 29 heavy (non-hydrogen) atoms. The molecular formula is C18H22ClNO8S. The zero-order valence-corrected chi connectivity index (χ0v) is 17.1. The first-order chi connectivity index (χ1) is 13.6. The van der Waals surface area contributed by atoms with Crippen molar-refractivity contribution in [2.24, 2.45) is 0 Å². The lowest BCUT2D eigenvalue weighted by Gasteiger charge is -2.33. The molecule has 1 aromatic carbocycles. The normalized spacial score (nSPS) is 26.3. The summed E-state index contributed by atoms with van der Waals surface area (Å²) in [6, 6.07) is 4.77. The van der Waals surface area contributed by atoms with Gasteiger partial charge in [0.15, 0.2) is 5.79 Å².